The van der Waals surface area contributed by atoms with Crippen molar-refractivity contribution in [2.75, 3.05) is 0 Å². The zero-order valence-corrected chi connectivity index (χ0v) is 19.0. The Morgan fingerprint density at radius 2 is 1.42 bits per heavy atom. The molecule has 0 aromatic heterocycles. The first-order chi connectivity index (χ1) is 12.1. The number of hydrogen-bond acceptors (Lipinski definition) is 2. The van der Waals surface area contributed by atoms with E-state index in [2.05, 4.69) is 13.8 Å². The molecule has 0 fully saturated rings. The molecule has 0 saturated heterocycles. The van der Waals surface area contributed by atoms with Crippen LogP contribution in [-0.2, 0) is 0 Å². The van der Waals surface area contributed by atoms with E-state index in [0.717, 1.165) is 18.4 Å². The van der Waals surface area contributed by atoms with Crippen LogP contribution in [0.3, 0.4) is 0 Å². The molecule has 1 atom stereocenters. The van der Waals surface area contributed by atoms with E-state index in [-0.39, 0.29) is 51.9 Å². The van der Waals surface area contributed by atoms with E-state index < -0.39 is 5.97 Å². The largest absolute Gasteiger partial charge is 2.00 e. The number of carbonyl (C=O) groups is 1. The maximum absolute atomic E-state index is 11.3. The van der Waals surface area contributed by atoms with Gasteiger partial charge in [-0.25, -0.2) is 4.79 Å². The van der Waals surface area contributed by atoms with Gasteiger partial charge in [-0.1, -0.05) is 84.1 Å². The maximum Gasteiger partial charge on any atom is 2.00 e. The Morgan fingerprint density at radius 3 is 2.00 bits per heavy atom. The maximum atomic E-state index is 11.3. The van der Waals surface area contributed by atoms with Crippen LogP contribution < -0.4 is 0 Å². The van der Waals surface area contributed by atoms with Crippen LogP contribution in [0, 0.1) is 0 Å². The molecule has 2 N–H and O–H groups in total. The Balaban J connectivity index is -0.00000208. The summed E-state index contributed by atoms with van der Waals surface area (Å²) in [6, 6.07) is 5.12. The number of hydrogen-bond donors (Lipinski definition) is 2. The monoisotopic (exact) mass is 390 g/mol. The fourth-order valence-corrected chi connectivity index (χ4v) is 3.45. The van der Waals surface area contributed by atoms with Gasteiger partial charge in [-0.15, -0.1) is 0 Å². The van der Waals surface area contributed by atoms with Crippen LogP contribution in [0.15, 0.2) is 18.2 Å². The van der Waals surface area contributed by atoms with Crippen LogP contribution in [0.25, 0.3) is 0 Å². The van der Waals surface area contributed by atoms with Crippen molar-refractivity contribution in [1.82, 2.24) is 0 Å². The summed E-state index contributed by atoms with van der Waals surface area (Å²) < 4.78 is 0. The Labute approximate surface area is 192 Å². The predicted molar refractivity (Wildman–Crippen MR) is 113 cm³/mol. The van der Waals surface area contributed by atoms with Crippen molar-refractivity contribution >= 4 is 43.7 Å². The molecule has 0 aliphatic carbocycles. The molecule has 0 radical (unpaired) electrons. The SMILES string of the molecule is CCCCCCCCCC(CCCCC)c1ccc(O)c(C(=O)O)c1.[Ca+2].[H-].[H-]. The van der Waals surface area contributed by atoms with Gasteiger partial charge in [0.2, 0.25) is 0 Å². The molecular weight excluding hydrogens is 352 g/mol. The first-order valence-corrected chi connectivity index (χ1v) is 10.2. The standard InChI is InChI=1S/C22H36O3.Ca.2H/c1-3-5-7-8-9-10-12-14-18(13-11-6-4-2)19-15-16-21(23)20(17-19)22(24)25;;;/h15-18,23H,3-14H2,1-2H3,(H,24,25);;;/q;+2;2*-1. The van der Waals surface area contributed by atoms with E-state index in [1.54, 1.807) is 6.07 Å². The number of phenols is 1. The van der Waals surface area contributed by atoms with Crippen molar-refractivity contribution in [3.05, 3.63) is 29.3 Å². The minimum Gasteiger partial charge on any atom is -1.00 e. The van der Waals surface area contributed by atoms with Crippen molar-refractivity contribution in [2.45, 2.75) is 96.8 Å². The Morgan fingerprint density at radius 1 is 0.923 bits per heavy atom. The molecule has 0 bridgehead atoms. The van der Waals surface area contributed by atoms with E-state index in [4.69, 9.17) is 0 Å². The van der Waals surface area contributed by atoms with Crippen LogP contribution in [-0.4, -0.2) is 53.9 Å². The van der Waals surface area contributed by atoms with Gasteiger partial charge in [0.05, 0.1) is 0 Å². The van der Waals surface area contributed by atoms with Crippen molar-refractivity contribution in [3.63, 3.8) is 0 Å². The second-order valence-corrected chi connectivity index (χ2v) is 7.18. The summed E-state index contributed by atoms with van der Waals surface area (Å²) >= 11 is 0. The summed E-state index contributed by atoms with van der Waals surface area (Å²) in [5.41, 5.74) is 1.09. The quantitative estimate of drug-likeness (QED) is 0.273. The zero-order chi connectivity index (χ0) is 18.5. The summed E-state index contributed by atoms with van der Waals surface area (Å²) in [6.45, 7) is 4.44. The summed E-state index contributed by atoms with van der Waals surface area (Å²) in [5.74, 6) is -0.789. The number of aromatic hydroxyl groups is 1. The van der Waals surface area contributed by atoms with Crippen molar-refractivity contribution in [1.29, 1.82) is 0 Å². The third kappa shape index (κ3) is 10.2. The van der Waals surface area contributed by atoms with Crippen molar-refractivity contribution in [3.8, 4) is 5.75 Å². The summed E-state index contributed by atoms with van der Waals surface area (Å²) in [6.07, 6.45) is 14.9. The Kier molecular flexibility index (Phi) is 15.6. The number of unbranched alkanes of at least 4 members (excludes halogenated alkanes) is 8. The second-order valence-electron chi connectivity index (χ2n) is 7.18. The van der Waals surface area contributed by atoms with Gasteiger partial charge in [0, 0.05) is 0 Å². The molecule has 1 unspecified atom stereocenters. The van der Waals surface area contributed by atoms with Gasteiger partial charge in [0.1, 0.15) is 11.3 Å². The van der Waals surface area contributed by atoms with Gasteiger partial charge in [-0.05, 0) is 36.5 Å². The third-order valence-corrected chi connectivity index (χ3v) is 5.03. The zero-order valence-electron chi connectivity index (χ0n) is 18.8. The van der Waals surface area contributed by atoms with E-state index in [1.807, 2.05) is 6.07 Å². The van der Waals surface area contributed by atoms with Crippen LogP contribution in [0.4, 0.5) is 0 Å². The number of aromatic carboxylic acids is 1. The first kappa shape index (κ1) is 25.7. The molecule has 0 aliphatic heterocycles. The van der Waals surface area contributed by atoms with E-state index >= 15 is 0 Å². The Hall–Kier alpha value is -0.250. The molecule has 0 aliphatic rings. The molecule has 1 aromatic rings. The van der Waals surface area contributed by atoms with E-state index in [1.165, 1.54) is 70.3 Å². The van der Waals surface area contributed by atoms with Crippen LogP contribution in [0.5, 0.6) is 5.75 Å². The molecular formula is C22H38CaO3. The molecule has 1 aromatic carbocycles. The fraction of sp³-hybridized carbons (Fsp3) is 0.682. The van der Waals surface area contributed by atoms with Crippen molar-refractivity contribution < 1.29 is 17.9 Å². The predicted octanol–water partition coefficient (Wildman–Crippen LogP) is 6.74. The summed E-state index contributed by atoms with van der Waals surface area (Å²) in [7, 11) is 0. The van der Waals surface area contributed by atoms with Crippen molar-refractivity contribution in [2.24, 2.45) is 0 Å². The van der Waals surface area contributed by atoms with Gasteiger partial charge in [-0.2, -0.15) is 0 Å². The minimum absolute atomic E-state index is 0. The number of benzene rings is 1. The van der Waals surface area contributed by atoms with Gasteiger partial charge in [0.15, 0.2) is 0 Å². The van der Waals surface area contributed by atoms with E-state index in [9.17, 15) is 15.0 Å². The number of rotatable bonds is 14. The van der Waals surface area contributed by atoms with Gasteiger partial charge in [-0.3, -0.25) is 0 Å². The third-order valence-electron chi connectivity index (χ3n) is 5.03. The molecule has 146 valence electrons. The molecule has 26 heavy (non-hydrogen) atoms. The average molecular weight is 391 g/mol. The summed E-state index contributed by atoms with van der Waals surface area (Å²) in [4.78, 5) is 11.3. The van der Waals surface area contributed by atoms with Gasteiger partial charge >= 0.3 is 43.7 Å². The molecule has 1 rings (SSSR count). The summed E-state index contributed by atoms with van der Waals surface area (Å²) in [5, 5.41) is 19.0. The molecule has 4 heteroatoms. The van der Waals surface area contributed by atoms with Crippen LogP contribution in [0.1, 0.15) is 116 Å². The Bertz CT molecular complexity index is 513. The van der Waals surface area contributed by atoms with Crippen LogP contribution in [0.2, 0.25) is 0 Å². The molecule has 0 heterocycles. The van der Waals surface area contributed by atoms with Crippen LogP contribution >= 0.6 is 0 Å². The average Bonchev–Trinajstić information content (AvgIpc) is 2.60. The van der Waals surface area contributed by atoms with Gasteiger partial charge in [0.25, 0.3) is 0 Å². The number of carboxylic acid groups (broad SMARTS) is 1. The second kappa shape index (κ2) is 15.8. The molecule has 0 spiro atoms. The molecule has 0 amide bonds. The smallest absolute Gasteiger partial charge is 1.00 e. The topological polar surface area (TPSA) is 57.5 Å². The fourth-order valence-electron chi connectivity index (χ4n) is 3.45. The normalized spacial score (nSPS) is 11.8. The molecule has 0 saturated carbocycles. The number of carboxylic acids is 1. The minimum atomic E-state index is -1.05. The van der Waals surface area contributed by atoms with E-state index in [0.29, 0.717) is 5.92 Å². The molecule has 3 nitrogen and oxygen atoms in total. The first-order valence-electron chi connectivity index (χ1n) is 10.2. The van der Waals surface area contributed by atoms with Gasteiger partial charge < -0.3 is 13.1 Å².